The van der Waals surface area contributed by atoms with Crippen LogP contribution in [0.25, 0.3) is 0 Å². The molecule has 26 heavy (non-hydrogen) atoms. The molecule has 1 saturated heterocycles. The summed E-state index contributed by atoms with van der Waals surface area (Å²) in [6.45, 7) is 2.12. The zero-order chi connectivity index (χ0) is 17.6. The molecule has 0 aliphatic carbocycles. The largest absolute Gasteiger partial charge is 0.338 e. The van der Waals surface area contributed by atoms with Gasteiger partial charge in [0.1, 0.15) is 0 Å². The van der Waals surface area contributed by atoms with Crippen LogP contribution in [0.3, 0.4) is 0 Å². The second-order valence-electron chi connectivity index (χ2n) is 5.99. The van der Waals surface area contributed by atoms with Crippen LogP contribution in [0.4, 0.5) is 5.69 Å². The molecule has 2 aromatic rings. The highest BCUT2D eigenvalue weighted by Gasteiger charge is 2.25. The SMILES string of the molecule is Cl.NCC1CCN(C(=O)c2ccc(NC(=O)CSc3cccs3)cc2)C1. The molecule has 0 saturated carbocycles. The maximum Gasteiger partial charge on any atom is 0.253 e. The van der Waals surface area contributed by atoms with Crippen LogP contribution < -0.4 is 11.1 Å². The summed E-state index contributed by atoms with van der Waals surface area (Å²) in [7, 11) is 0. The lowest BCUT2D eigenvalue weighted by Gasteiger charge is -2.16. The molecule has 8 heteroatoms. The van der Waals surface area contributed by atoms with Gasteiger partial charge < -0.3 is 16.0 Å². The first-order chi connectivity index (χ1) is 12.2. The van der Waals surface area contributed by atoms with Gasteiger partial charge in [0.2, 0.25) is 5.91 Å². The summed E-state index contributed by atoms with van der Waals surface area (Å²) in [5, 5.41) is 4.85. The first kappa shape index (κ1) is 20.8. The number of halogens is 1. The van der Waals surface area contributed by atoms with E-state index in [1.807, 2.05) is 22.4 Å². The fraction of sp³-hybridized carbons (Fsp3) is 0.333. The number of hydrogen-bond acceptors (Lipinski definition) is 5. The van der Waals surface area contributed by atoms with Gasteiger partial charge in [0.05, 0.1) is 9.96 Å². The zero-order valence-corrected chi connectivity index (χ0v) is 16.7. The van der Waals surface area contributed by atoms with Gasteiger partial charge in [-0.05, 0) is 54.6 Å². The van der Waals surface area contributed by atoms with Gasteiger partial charge >= 0.3 is 0 Å². The number of carbonyl (C=O) groups excluding carboxylic acids is 2. The van der Waals surface area contributed by atoms with Crippen molar-refractivity contribution in [1.82, 2.24) is 4.90 Å². The molecule has 2 heterocycles. The molecular formula is C18H22ClN3O2S2. The quantitative estimate of drug-likeness (QED) is 0.715. The number of thioether (sulfide) groups is 1. The van der Waals surface area contributed by atoms with E-state index in [2.05, 4.69) is 5.32 Å². The first-order valence-electron chi connectivity index (χ1n) is 8.21. The van der Waals surface area contributed by atoms with Crippen LogP contribution in [0, 0.1) is 5.92 Å². The zero-order valence-electron chi connectivity index (χ0n) is 14.2. The third-order valence-electron chi connectivity index (χ3n) is 4.16. The summed E-state index contributed by atoms with van der Waals surface area (Å²) in [5.41, 5.74) is 7.02. The van der Waals surface area contributed by atoms with Gasteiger partial charge in [-0.3, -0.25) is 9.59 Å². The van der Waals surface area contributed by atoms with Crippen LogP contribution >= 0.6 is 35.5 Å². The van der Waals surface area contributed by atoms with Crippen LogP contribution in [0.5, 0.6) is 0 Å². The van der Waals surface area contributed by atoms with Gasteiger partial charge in [-0.1, -0.05) is 6.07 Å². The summed E-state index contributed by atoms with van der Waals surface area (Å²) < 4.78 is 1.12. The third kappa shape index (κ3) is 5.48. The van der Waals surface area contributed by atoms with Gasteiger partial charge in [0.25, 0.3) is 5.91 Å². The predicted molar refractivity (Wildman–Crippen MR) is 110 cm³/mol. The van der Waals surface area contributed by atoms with Gasteiger partial charge in [-0.15, -0.1) is 35.5 Å². The minimum absolute atomic E-state index is 0. The summed E-state index contributed by atoms with van der Waals surface area (Å²) in [5.74, 6) is 0.753. The number of thiophene rings is 1. The van der Waals surface area contributed by atoms with E-state index < -0.39 is 0 Å². The van der Waals surface area contributed by atoms with Crippen LogP contribution in [0.1, 0.15) is 16.8 Å². The Hall–Kier alpha value is -1.54. The fourth-order valence-corrected chi connectivity index (χ4v) is 4.35. The van der Waals surface area contributed by atoms with E-state index in [1.165, 1.54) is 11.8 Å². The molecule has 1 unspecified atom stereocenters. The molecule has 5 nitrogen and oxygen atoms in total. The van der Waals surface area contributed by atoms with Crippen molar-refractivity contribution in [1.29, 1.82) is 0 Å². The van der Waals surface area contributed by atoms with E-state index >= 15 is 0 Å². The average Bonchev–Trinajstić information content (AvgIpc) is 3.31. The number of amides is 2. The molecule has 140 valence electrons. The summed E-state index contributed by atoms with van der Waals surface area (Å²) in [6, 6.07) is 11.0. The predicted octanol–water partition coefficient (Wildman–Crippen LogP) is 3.32. The molecule has 0 spiro atoms. The van der Waals surface area contributed by atoms with Crippen molar-refractivity contribution in [2.45, 2.75) is 10.6 Å². The second kappa shape index (κ2) is 9.97. The Bertz CT molecular complexity index is 723. The second-order valence-corrected chi connectivity index (χ2v) is 8.21. The number of anilines is 1. The summed E-state index contributed by atoms with van der Waals surface area (Å²) >= 11 is 3.14. The van der Waals surface area contributed by atoms with Crippen LogP contribution in [-0.4, -0.2) is 42.1 Å². The molecule has 1 aliphatic heterocycles. The maximum absolute atomic E-state index is 12.5. The van der Waals surface area contributed by atoms with Gasteiger partial charge in [-0.25, -0.2) is 0 Å². The number of benzene rings is 1. The molecular weight excluding hydrogens is 390 g/mol. The van der Waals surface area contributed by atoms with E-state index in [4.69, 9.17) is 5.73 Å². The van der Waals surface area contributed by atoms with E-state index in [1.54, 1.807) is 35.6 Å². The Morgan fingerprint density at radius 1 is 1.27 bits per heavy atom. The van der Waals surface area contributed by atoms with Crippen LogP contribution in [-0.2, 0) is 4.79 Å². The van der Waals surface area contributed by atoms with Crippen molar-refractivity contribution >= 4 is 53.0 Å². The lowest BCUT2D eigenvalue weighted by Crippen LogP contribution is -2.29. The van der Waals surface area contributed by atoms with Crippen molar-refractivity contribution in [3.63, 3.8) is 0 Å². The average molecular weight is 412 g/mol. The Balaban J connectivity index is 0.00000243. The highest BCUT2D eigenvalue weighted by atomic mass is 35.5. The van der Waals surface area contributed by atoms with Crippen molar-refractivity contribution < 1.29 is 9.59 Å². The Labute approximate surface area is 167 Å². The third-order valence-corrected chi connectivity index (χ3v) is 6.29. The van der Waals surface area contributed by atoms with E-state index in [0.29, 0.717) is 29.5 Å². The highest BCUT2D eigenvalue weighted by molar-refractivity contribution is 8.01. The molecule has 1 atom stereocenters. The molecule has 3 rings (SSSR count). The lowest BCUT2D eigenvalue weighted by molar-refractivity contribution is -0.113. The molecule has 1 aliphatic rings. The summed E-state index contributed by atoms with van der Waals surface area (Å²) in [4.78, 5) is 26.3. The topological polar surface area (TPSA) is 75.4 Å². The van der Waals surface area contributed by atoms with Crippen molar-refractivity contribution in [2.24, 2.45) is 11.7 Å². The minimum atomic E-state index is -0.0530. The number of likely N-dealkylation sites (tertiary alicyclic amines) is 1. The molecule has 2 amide bonds. The number of rotatable bonds is 6. The Kier molecular flexibility index (Phi) is 7.96. The van der Waals surface area contributed by atoms with E-state index in [9.17, 15) is 9.59 Å². The number of nitrogens with one attached hydrogen (secondary N) is 1. The van der Waals surface area contributed by atoms with Gasteiger partial charge in [0.15, 0.2) is 0 Å². The number of nitrogens with zero attached hydrogens (tertiary/aromatic N) is 1. The van der Waals surface area contributed by atoms with Crippen molar-refractivity contribution in [3.05, 3.63) is 47.3 Å². The molecule has 0 bridgehead atoms. The van der Waals surface area contributed by atoms with Crippen LogP contribution in [0.2, 0.25) is 0 Å². The normalized spacial score (nSPS) is 16.2. The summed E-state index contributed by atoms with van der Waals surface area (Å²) in [6.07, 6.45) is 0.971. The first-order valence-corrected chi connectivity index (χ1v) is 10.1. The van der Waals surface area contributed by atoms with Gasteiger partial charge in [-0.2, -0.15) is 0 Å². The van der Waals surface area contributed by atoms with Gasteiger partial charge in [0, 0.05) is 24.3 Å². The minimum Gasteiger partial charge on any atom is -0.338 e. The highest BCUT2D eigenvalue weighted by Crippen LogP contribution is 2.23. The number of nitrogens with two attached hydrogens (primary N) is 1. The molecule has 0 radical (unpaired) electrons. The fourth-order valence-electron chi connectivity index (χ4n) is 2.77. The number of hydrogen-bond donors (Lipinski definition) is 2. The standard InChI is InChI=1S/C18H21N3O2S2.ClH/c19-10-13-7-8-21(11-13)18(23)14-3-5-15(6-4-14)20-16(22)12-25-17-2-1-9-24-17;/h1-6,9,13H,7-8,10-12,19H2,(H,20,22);1H. The van der Waals surface area contributed by atoms with Crippen molar-refractivity contribution in [2.75, 3.05) is 30.7 Å². The molecule has 1 fully saturated rings. The molecule has 3 N–H and O–H groups in total. The van der Waals surface area contributed by atoms with Crippen molar-refractivity contribution in [3.8, 4) is 0 Å². The monoisotopic (exact) mass is 411 g/mol. The smallest absolute Gasteiger partial charge is 0.253 e. The Morgan fingerprint density at radius 3 is 2.65 bits per heavy atom. The molecule has 1 aromatic carbocycles. The maximum atomic E-state index is 12.5. The number of carbonyl (C=O) groups is 2. The van der Waals surface area contributed by atoms with Crippen LogP contribution in [0.15, 0.2) is 46.0 Å². The Morgan fingerprint density at radius 2 is 2.04 bits per heavy atom. The van der Waals surface area contributed by atoms with E-state index in [0.717, 1.165) is 23.7 Å². The molecule has 1 aromatic heterocycles. The lowest BCUT2D eigenvalue weighted by atomic mass is 10.1. The van der Waals surface area contributed by atoms with E-state index in [-0.39, 0.29) is 24.2 Å².